The van der Waals surface area contributed by atoms with E-state index in [1.165, 1.54) is 17.2 Å². The van der Waals surface area contributed by atoms with E-state index in [1.807, 2.05) is 13.0 Å². The number of nitrogens with one attached hydrogen (secondary N) is 1. The van der Waals surface area contributed by atoms with Crippen LogP contribution in [0.5, 0.6) is 5.75 Å². The average molecular weight is 285 g/mol. The summed E-state index contributed by atoms with van der Waals surface area (Å²) in [6.07, 6.45) is 6.28. The Kier molecular flexibility index (Phi) is 4.84. The molecule has 112 valence electrons. The number of hydrogen-bond acceptors (Lipinski definition) is 2. The van der Waals surface area contributed by atoms with Gasteiger partial charge in [0, 0.05) is 0 Å². The van der Waals surface area contributed by atoms with Crippen LogP contribution in [0.2, 0.25) is 0 Å². The van der Waals surface area contributed by atoms with Gasteiger partial charge in [-0.2, -0.15) is 0 Å². The van der Waals surface area contributed by atoms with Crippen molar-refractivity contribution in [3.63, 3.8) is 0 Å². The molecule has 1 aliphatic rings. The Hall–Kier alpha value is -2.03. The van der Waals surface area contributed by atoms with Gasteiger partial charge in [0.1, 0.15) is 5.75 Å². The van der Waals surface area contributed by atoms with E-state index in [1.54, 1.807) is 18.2 Å². The molecular formula is C18H23NO2. The molecule has 0 aliphatic heterocycles. The normalized spacial score (nSPS) is 22.6. The monoisotopic (exact) mass is 285 g/mol. The lowest BCUT2D eigenvalue weighted by molar-refractivity contribution is 0.0926. The Morgan fingerprint density at radius 3 is 2.76 bits per heavy atom. The average Bonchev–Trinajstić information content (AvgIpc) is 2.47. The smallest absolute Gasteiger partial charge is 0.255 e. The quantitative estimate of drug-likeness (QED) is 0.887. The van der Waals surface area contributed by atoms with Gasteiger partial charge in [0.25, 0.3) is 5.91 Å². The highest BCUT2D eigenvalue weighted by atomic mass is 16.3. The molecule has 0 spiro atoms. The summed E-state index contributed by atoms with van der Waals surface area (Å²) >= 11 is 0. The molecule has 2 N–H and O–H groups in total. The summed E-state index contributed by atoms with van der Waals surface area (Å²) in [6, 6.07) is 6.67. The first kappa shape index (κ1) is 15.4. The van der Waals surface area contributed by atoms with Crippen molar-refractivity contribution in [2.24, 2.45) is 5.92 Å². The van der Waals surface area contributed by atoms with Crippen LogP contribution >= 0.6 is 0 Å². The van der Waals surface area contributed by atoms with Crippen LogP contribution in [0.3, 0.4) is 0 Å². The lowest BCUT2D eigenvalue weighted by Crippen LogP contribution is -2.42. The molecule has 0 saturated heterocycles. The van der Waals surface area contributed by atoms with Gasteiger partial charge in [-0.05, 0) is 55.9 Å². The number of phenols is 1. The highest BCUT2D eigenvalue weighted by molar-refractivity contribution is 5.97. The minimum Gasteiger partial charge on any atom is -0.507 e. The lowest BCUT2D eigenvalue weighted by atomic mass is 9.81. The molecule has 0 radical (unpaired) electrons. The van der Waals surface area contributed by atoms with Crippen molar-refractivity contribution < 1.29 is 9.90 Å². The van der Waals surface area contributed by atoms with E-state index in [-0.39, 0.29) is 17.7 Å². The third-order valence-corrected chi connectivity index (χ3v) is 4.21. The molecule has 3 nitrogen and oxygen atoms in total. The molecule has 0 fully saturated rings. The summed E-state index contributed by atoms with van der Waals surface area (Å²) in [5.74, 6) is 0.202. The summed E-state index contributed by atoms with van der Waals surface area (Å²) < 4.78 is 0. The summed E-state index contributed by atoms with van der Waals surface area (Å²) in [4.78, 5) is 12.4. The summed E-state index contributed by atoms with van der Waals surface area (Å²) in [5.41, 5.74) is 2.85. The second-order valence-electron chi connectivity index (χ2n) is 5.69. The molecule has 1 amide bonds. The SMILES string of the molecule is C/C=C\C1=C(C)C(NC(=O)c2ccccc2O)C(C)CC1. The van der Waals surface area contributed by atoms with Gasteiger partial charge < -0.3 is 10.4 Å². The second kappa shape index (κ2) is 6.61. The van der Waals surface area contributed by atoms with Crippen molar-refractivity contribution in [1.29, 1.82) is 0 Å². The number of carbonyl (C=O) groups is 1. The third-order valence-electron chi connectivity index (χ3n) is 4.21. The maximum atomic E-state index is 12.4. The Bertz CT molecular complexity index is 587. The minimum atomic E-state index is -0.217. The zero-order valence-corrected chi connectivity index (χ0v) is 12.9. The zero-order chi connectivity index (χ0) is 15.4. The van der Waals surface area contributed by atoms with Crippen LogP contribution in [0.4, 0.5) is 0 Å². The standard InChI is InChI=1S/C18H23NO2/c1-4-7-14-11-10-12(2)17(13(14)3)19-18(21)15-8-5-6-9-16(15)20/h4-9,12,17,20H,10-11H2,1-3H3,(H,19,21)/b7-4-. The van der Waals surface area contributed by atoms with Gasteiger partial charge in [-0.15, -0.1) is 0 Å². The molecule has 0 heterocycles. The minimum absolute atomic E-state index is 0.0220. The first-order valence-corrected chi connectivity index (χ1v) is 7.45. The number of phenolic OH excluding ortho intramolecular Hbond substituents is 1. The number of aromatic hydroxyl groups is 1. The topological polar surface area (TPSA) is 49.3 Å². The molecule has 1 aliphatic carbocycles. The van der Waals surface area contributed by atoms with E-state index in [9.17, 15) is 9.90 Å². The highest BCUT2D eigenvalue weighted by Crippen LogP contribution is 2.30. The van der Waals surface area contributed by atoms with Crippen LogP contribution in [-0.4, -0.2) is 17.1 Å². The van der Waals surface area contributed by atoms with Crippen LogP contribution in [0.1, 0.15) is 44.0 Å². The van der Waals surface area contributed by atoms with Crippen LogP contribution in [-0.2, 0) is 0 Å². The number of hydrogen-bond donors (Lipinski definition) is 2. The molecule has 2 atom stereocenters. The molecule has 3 heteroatoms. The number of rotatable bonds is 3. The second-order valence-corrected chi connectivity index (χ2v) is 5.69. The van der Waals surface area contributed by atoms with Gasteiger partial charge in [0.15, 0.2) is 0 Å². The molecule has 0 saturated carbocycles. The van der Waals surface area contributed by atoms with Crippen molar-refractivity contribution in [3.8, 4) is 5.75 Å². The van der Waals surface area contributed by atoms with Gasteiger partial charge in [0.2, 0.25) is 0 Å². The zero-order valence-electron chi connectivity index (χ0n) is 12.9. The van der Waals surface area contributed by atoms with Crippen LogP contribution in [0.25, 0.3) is 0 Å². The Morgan fingerprint density at radius 2 is 2.10 bits per heavy atom. The molecular weight excluding hydrogens is 262 g/mol. The van der Waals surface area contributed by atoms with E-state index in [0.29, 0.717) is 11.5 Å². The van der Waals surface area contributed by atoms with E-state index < -0.39 is 0 Å². The van der Waals surface area contributed by atoms with Gasteiger partial charge in [-0.1, -0.05) is 31.2 Å². The van der Waals surface area contributed by atoms with Crippen molar-refractivity contribution in [2.75, 3.05) is 0 Å². The van der Waals surface area contributed by atoms with Gasteiger partial charge in [-0.3, -0.25) is 4.79 Å². The number of benzene rings is 1. The maximum absolute atomic E-state index is 12.4. The van der Waals surface area contributed by atoms with Crippen molar-refractivity contribution in [2.45, 2.75) is 39.7 Å². The predicted molar refractivity (Wildman–Crippen MR) is 85.3 cm³/mol. The Labute approximate surface area is 126 Å². The molecule has 1 aromatic rings. The lowest BCUT2D eigenvalue weighted by Gasteiger charge is -2.32. The first-order chi connectivity index (χ1) is 10.0. The van der Waals surface area contributed by atoms with Crippen molar-refractivity contribution in [1.82, 2.24) is 5.32 Å². The molecule has 0 aromatic heterocycles. The largest absolute Gasteiger partial charge is 0.507 e. The fraction of sp³-hybridized carbons (Fsp3) is 0.389. The van der Waals surface area contributed by atoms with Crippen molar-refractivity contribution >= 4 is 5.91 Å². The van der Waals surface area contributed by atoms with Gasteiger partial charge >= 0.3 is 0 Å². The van der Waals surface area contributed by atoms with E-state index in [2.05, 4.69) is 25.2 Å². The fourth-order valence-corrected chi connectivity index (χ4v) is 2.92. The van der Waals surface area contributed by atoms with E-state index >= 15 is 0 Å². The first-order valence-electron chi connectivity index (χ1n) is 7.45. The molecule has 21 heavy (non-hydrogen) atoms. The van der Waals surface area contributed by atoms with Crippen LogP contribution in [0.15, 0.2) is 47.6 Å². The number of allylic oxidation sites excluding steroid dienone is 3. The molecule has 2 unspecified atom stereocenters. The molecule has 0 bridgehead atoms. The summed E-state index contributed by atoms with van der Waals surface area (Å²) in [5, 5.41) is 12.9. The summed E-state index contributed by atoms with van der Waals surface area (Å²) in [6.45, 7) is 6.25. The van der Waals surface area contributed by atoms with E-state index in [4.69, 9.17) is 0 Å². The van der Waals surface area contributed by atoms with Crippen LogP contribution in [0, 0.1) is 5.92 Å². The number of para-hydroxylation sites is 1. The van der Waals surface area contributed by atoms with Gasteiger partial charge in [-0.25, -0.2) is 0 Å². The van der Waals surface area contributed by atoms with E-state index in [0.717, 1.165) is 12.8 Å². The molecule has 1 aromatic carbocycles. The summed E-state index contributed by atoms with van der Waals surface area (Å²) in [7, 11) is 0. The van der Waals surface area contributed by atoms with Crippen LogP contribution < -0.4 is 5.32 Å². The Balaban J connectivity index is 2.23. The van der Waals surface area contributed by atoms with Crippen molar-refractivity contribution in [3.05, 3.63) is 53.1 Å². The maximum Gasteiger partial charge on any atom is 0.255 e. The fourth-order valence-electron chi connectivity index (χ4n) is 2.92. The van der Waals surface area contributed by atoms with Gasteiger partial charge in [0.05, 0.1) is 11.6 Å². The number of amides is 1. The number of carbonyl (C=O) groups excluding carboxylic acids is 1. The predicted octanol–water partition coefficient (Wildman–Crippen LogP) is 3.81. The Morgan fingerprint density at radius 1 is 1.38 bits per heavy atom. The third kappa shape index (κ3) is 3.35. The highest BCUT2D eigenvalue weighted by Gasteiger charge is 2.27. The molecule has 2 rings (SSSR count).